The molecule has 186 valence electrons. The highest BCUT2D eigenvalue weighted by molar-refractivity contribution is 5.80. The fourth-order valence-electron chi connectivity index (χ4n) is 3.27. The van der Waals surface area contributed by atoms with E-state index in [1.165, 1.54) is 0 Å². The van der Waals surface area contributed by atoms with Gasteiger partial charge in [-0.2, -0.15) is 65.8 Å². The van der Waals surface area contributed by atoms with Gasteiger partial charge in [0.05, 0.1) is 38.6 Å². The van der Waals surface area contributed by atoms with Gasteiger partial charge in [-0.3, -0.25) is 0 Å². The van der Waals surface area contributed by atoms with Crippen LogP contribution in [0.3, 0.4) is 0 Å². The Morgan fingerprint density at radius 1 is 0.622 bits per heavy atom. The first-order valence-electron chi connectivity index (χ1n) is 8.99. The zero-order valence-electron chi connectivity index (χ0n) is 17.2. The summed E-state index contributed by atoms with van der Waals surface area (Å²) in [6, 6.07) is 4.19. The fraction of sp³-hybridized carbons (Fsp3) is 0.136. The van der Waals surface area contributed by atoms with E-state index in [1.807, 2.05) is 0 Å². The minimum Gasteiger partial charge on any atom is -0.206 e. The second kappa shape index (κ2) is 9.53. The molecule has 0 fully saturated rings. The molecular formula is C22H3F10N5. The standard InChI is InChI=1S/C22H3F10N5/c23-17-3-11(19(22(30,31)32)14(8-37)18(17)10(4-33)5-34)12(6-35)9-1-15(20(24,25)26)13(7-36)16(2-9)21(27,28)29/h1-3H/b12-11-. The summed E-state index contributed by atoms with van der Waals surface area (Å²) in [5.74, 6) is -1.87. The van der Waals surface area contributed by atoms with E-state index in [4.69, 9.17) is 15.8 Å². The third kappa shape index (κ3) is 5.15. The summed E-state index contributed by atoms with van der Waals surface area (Å²) in [5, 5.41) is 42.4. The van der Waals surface area contributed by atoms with Crippen molar-refractivity contribution in [3.63, 3.8) is 0 Å². The SMILES string of the molecule is N#CC(C#N)=c1c(F)c/c(=C(\C#N)c2cc(C(F)(F)F)c(C#N)c(C(F)(F)F)c2)c(C(F)(F)F)c1C#N. The molecule has 2 aromatic carbocycles. The van der Waals surface area contributed by atoms with Crippen LogP contribution in [0, 0.1) is 62.5 Å². The summed E-state index contributed by atoms with van der Waals surface area (Å²) in [7, 11) is 0. The maximum absolute atomic E-state index is 14.8. The van der Waals surface area contributed by atoms with Crippen LogP contribution in [0.25, 0.3) is 11.1 Å². The second-order valence-corrected chi connectivity index (χ2v) is 6.78. The highest BCUT2D eigenvalue weighted by Gasteiger charge is 2.43. The molecule has 0 aliphatic rings. The molecule has 0 bridgehead atoms. The van der Waals surface area contributed by atoms with Crippen LogP contribution >= 0.6 is 0 Å². The summed E-state index contributed by atoms with van der Waals surface area (Å²) in [4.78, 5) is 0. The number of halogens is 10. The van der Waals surface area contributed by atoms with Crippen LogP contribution in [-0.4, -0.2) is 0 Å². The molecule has 15 heteroatoms. The number of nitriles is 5. The summed E-state index contributed by atoms with van der Waals surface area (Å²) < 4.78 is 138. The van der Waals surface area contributed by atoms with Crippen molar-refractivity contribution in [1.82, 2.24) is 0 Å². The van der Waals surface area contributed by atoms with Gasteiger partial charge in [-0.05, 0) is 23.8 Å². The summed E-state index contributed by atoms with van der Waals surface area (Å²) in [6.45, 7) is 0. The van der Waals surface area contributed by atoms with Gasteiger partial charge in [0.15, 0.2) is 0 Å². The first kappa shape index (κ1) is 28.2. The molecule has 2 aromatic rings. The molecule has 0 spiro atoms. The van der Waals surface area contributed by atoms with Gasteiger partial charge in [0.25, 0.3) is 0 Å². The molecule has 0 N–H and O–H groups in total. The van der Waals surface area contributed by atoms with Gasteiger partial charge in [0, 0.05) is 5.22 Å². The zero-order valence-corrected chi connectivity index (χ0v) is 17.2. The van der Waals surface area contributed by atoms with Gasteiger partial charge >= 0.3 is 18.5 Å². The molecule has 0 heterocycles. The topological polar surface area (TPSA) is 119 Å². The third-order valence-corrected chi connectivity index (χ3v) is 4.68. The molecule has 0 unspecified atom stereocenters. The molecule has 0 aliphatic heterocycles. The van der Waals surface area contributed by atoms with Crippen LogP contribution in [0.2, 0.25) is 0 Å². The van der Waals surface area contributed by atoms with E-state index in [2.05, 4.69) is 0 Å². The highest BCUT2D eigenvalue weighted by atomic mass is 19.4. The first-order valence-corrected chi connectivity index (χ1v) is 8.99. The van der Waals surface area contributed by atoms with E-state index in [0.717, 1.165) is 30.3 Å². The zero-order chi connectivity index (χ0) is 28.5. The van der Waals surface area contributed by atoms with Crippen LogP contribution < -0.4 is 10.4 Å². The number of nitrogens with zero attached hydrogens (tertiary/aromatic N) is 5. The van der Waals surface area contributed by atoms with Crippen LogP contribution in [0.1, 0.15) is 33.4 Å². The lowest BCUT2D eigenvalue weighted by molar-refractivity contribution is -0.143. The molecular weight excluding hydrogens is 524 g/mol. The van der Waals surface area contributed by atoms with E-state index < -0.39 is 79.3 Å². The van der Waals surface area contributed by atoms with Gasteiger partial charge in [-0.25, -0.2) is 4.39 Å². The summed E-state index contributed by atoms with van der Waals surface area (Å²) in [5.41, 5.74) is -14.7. The molecule has 0 amide bonds. The Balaban J connectivity index is 3.43. The van der Waals surface area contributed by atoms with Crippen molar-refractivity contribution in [3.8, 4) is 30.3 Å². The minimum atomic E-state index is -5.69. The Morgan fingerprint density at radius 2 is 1.08 bits per heavy atom. The molecule has 0 radical (unpaired) electrons. The summed E-state index contributed by atoms with van der Waals surface area (Å²) in [6.07, 6.45) is -17.0. The number of hydrogen-bond acceptors (Lipinski definition) is 5. The van der Waals surface area contributed by atoms with E-state index in [-0.39, 0.29) is 18.2 Å². The molecule has 0 saturated carbocycles. The number of rotatable bonds is 1. The number of hydrogen-bond donors (Lipinski definition) is 0. The van der Waals surface area contributed by atoms with Crippen molar-refractivity contribution < 1.29 is 43.9 Å². The monoisotopic (exact) mass is 527 g/mol. The minimum absolute atomic E-state index is 0.148. The number of alkyl halides is 9. The average molecular weight is 527 g/mol. The maximum atomic E-state index is 14.8. The molecule has 0 aliphatic carbocycles. The molecule has 0 aromatic heterocycles. The van der Waals surface area contributed by atoms with Gasteiger partial charge < -0.3 is 0 Å². The first-order chi connectivity index (χ1) is 17.0. The van der Waals surface area contributed by atoms with Crippen molar-refractivity contribution in [2.75, 3.05) is 0 Å². The van der Waals surface area contributed by atoms with Crippen molar-refractivity contribution >= 4 is 11.1 Å². The Labute approximate surface area is 198 Å². The largest absolute Gasteiger partial charge is 0.418 e. The lowest BCUT2D eigenvalue weighted by Crippen LogP contribution is -2.32. The van der Waals surface area contributed by atoms with E-state index in [9.17, 15) is 54.4 Å². The van der Waals surface area contributed by atoms with Crippen molar-refractivity contribution in [3.05, 3.63) is 67.8 Å². The molecule has 37 heavy (non-hydrogen) atoms. The van der Waals surface area contributed by atoms with Gasteiger partial charge in [-0.1, -0.05) is 0 Å². The van der Waals surface area contributed by atoms with E-state index in [0.29, 0.717) is 0 Å². The smallest absolute Gasteiger partial charge is 0.206 e. The lowest BCUT2D eigenvalue weighted by Gasteiger charge is -2.17. The van der Waals surface area contributed by atoms with Crippen molar-refractivity contribution in [2.45, 2.75) is 18.5 Å². The quantitative estimate of drug-likeness (QED) is 0.505. The molecule has 2 rings (SSSR count). The number of benzene rings is 2. The molecule has 0 saturated heterocycles. The Morgan fingerprint density at radius 3 is 1.41 bits per heavy atom. The second-order valence-electron chi connectivity index (χ2n) is 6.78. The Bertz CT molecular complexity index is 1590. The van der Waals surface area contributed by atoms with E-state index >= 15 is 0 Å². The van der Waals surface area contributed by atoms with Crippen molar-refractivity contribution in [1.29, 1.82) is 26.3 Å². The third-order valence-electron chi connectivity index (χ3n) is 4.68. The average Bonchev–Trinajstić information content (AvgIpc) is 2.78. The predicted molar refractivity (Wildman–Crippen MR) is 99.3 cm³/mol. The predicted octanol–water partition coefficient (Wildman–Crippen LogP) is 4.55. The Kier molecular flexibility index (Phi) is 7.25. The normalized spacial score (nSPS) is 12.4. The van der Waals surface area contributed by atoms with Crippen LogP contribution in [0.5, 0.6) is 0 Å². The van der Waals surface area contributed by atoms with Gasteiger partial charge in [0.2, 0.25) is 0 Å². The maximum Gasteiger partial charge on any atom is 0.418 e. The van der Waals surface area contributed by atoms with Crippen molar-refractivity contribution in [2.24, 2.45) is 0 Å². The molecule has 5 nitrogen and oxygen atoms in total. The van der Waals surface area contributed by atoms with Crippen LogP contribution in [0.15, 0.2) is 18.2 Å². The Hall–Kier alpha value is -5.07. The van der Waals surface area contributed by atoms with Gasteiger partial charge in [-0.15, -0.1) is 0 Å². The fourth-order valence-corrected chi connectivity index (χ4v) is 3.27. The molecule has 0 atom stereocenters. The van der Waals surface area contributed by atoms with Crippen LogP contribution in [-0.2, 0) is 18.5 Å². The highest BCUT2D eigenvalue weighted by Crippen LogP contribution is 2.41. The van der Waals surface area contributed by atoms with Gasteiger partial charge in [0.1, 0.15) is 41.7 Å². The summed E-state index contributed by atoms with van der Waals surface area (Å²) >= 11 is 0. The van der Waals surface area contributed by atoms with E-state index in [1.54, 1.807) is 0 Å². The van der Waals surface area contributed by atoms with Crippen LogP contribution in [0.4, 0.5) is 43.9 Å². The lowest BCUT2D eigenvalue weighted by atomic mass is 9.91.